The largest absolute Gasteiger partial charge is 0.310 e. The van der Waals surface area contributed by atoms with Gasteiger partial charge >= 0.3 is 0 Å². The van der Waals surface area contributed by atoms with Crippen molar-refractivity contribution in [2.24, 2.45) is 0 Å². The Balaban J connectivity index is 1.20. The van der Waals surface area contributed by atoms with Gasteiger partial charge in [-0.3, -0.25) is 9.55 Å². The molecule has 3 aromatic heterocycles. The fourth-order valence-corrected chi connectivity index (χ4v) is 8.79. The fourth-order valence-electron chi connectivity index (χ4n) is 8.79. The van der Waals surface area contributed by atoms with Gasteiger partial charge in [-0.2, -0.15) is 0 Å². The lowest BCUT2D eigenvalue weighted by Gasteiger charge is -2.51. The third-order valence-corrected chi connectivity index (χ3v) is 10.7. The smallest absolute Gasteiger partial charge is 0.234 e. The Hall–Kier alpha value is -7.05. The van der Waals surface area contributed by atoms with Crippen molar-refractivity contribution in [3.05, 3.63) is 205 Å². The molecule has 0 bridgehead atoms. The molecule has 2 aliphatic heterocycles. The molecule has 244 valence electrons. The highest BCUT2D eigenvalue weighted by Crippen LogP contribution is 2.63. The van der Waals surface area contributed by atoms with Crippen LogP contribution in [0, 0.1) is 0 Å². The highest BCUT2D eigenvalue weighted by Gasteiger charge is 2.51. The number of fused-ring (bicyclic) bond motifs is 11. The summed E-state index contributed by atoms with van der Waals surface area (Å²) < 4.78 is 2.10. The van der Waals surface area contributed by atoms with Crippen molar-refractivity contribution in [3.8, 4) is 5.95 Å². The van der Waals surface area contributed by atoms with E-state index in [0.29, 0.717) is 5.95 Å². The average molecular weight is 667 g/mol. The molecule has 2 aliphatic rings. The van der Waals surface area contributed by atoms with Crippen molar-refractivity contribution >= 4 is 56.1 Å². The monoisotopic (exact) mass is 666 g/mol. The first-order valence-corrected chi connectivity index (χ1v) is 17.5. The molecule has 0 N–H and O–H groups in total. The number of benzene rings is 6. The van der Waals surface area contributed by atoms with Gasteiger partial charge in [-0.15, -0.1) is 0 Å². The van der Waals surface area contributed by atoms with E-state index in [2.05, 4.69) is 176 Å². The Morgan fingerprint density at radius 3 is 1.46 bits per heavy atom. The van der Waals surface area contributed by atoms with E-state index in [4.69, 9.17) is 4.98 Å². The summed E-state index contributed by atoms with van der Waals surface area (Å²) in [6.45, 7) is 0. The minimum absolute atomic E-state index is 0.575. The molecule has 1 spiro atoms. The Morgan fingerprint density at radius 2 is 0.885 bits per heavy atom. The Morgan fingerprint density at radius 1 is 0.385 bits per heavy atom. The minimum atomic E-state index is -0.575. The lowest BCUT2D eigenvalue weighted by molar-refractivity contribution is 0.719. The number of anilines is 6. The fraction of sp³-hybridized carbons (Fsp3) is 0.0217. The summed E-state index contributed by atoms with van der Waals surface area (Å²) in [5, 5.41) is 1.04. The Labute approximate surface area is 300 Å². The maximum atomic E-state index is 4.88. The van der Waals surface area contributed by atoms with Crippen molar-refractivity contribution in [3.63, 3.8) is 0 Å². The van der Waals surface area contributed by atoms with Crippen molar-refractivity contribution in [2.75, 3.05) is 9.80 Å². The first-order valence-electron chi connectivity index (χ1n) is 17.5. The highest BCUT2D eigenvalue weighted by atomic mass is 15.2. The lowest BCUT2D eigenvalue weighted by atomic mass is 9.60. The standard InChI is InChI=1S/C46H30N6/c1-2-14-31(15-3-1)50-39-20-8-4-16-34(39)46(35-17-5-9-21-40(35)50)36-18-6-10-22-41(36)51(42-23-11-7-19-37(42)46)32-25-26-38-33(30-32)44-43(24-12-27-47-44)52(38)45-48-28-13-29-49-45/h1-30H. The normalized spacial score (nSPS) is 13.8. The van der Waals surface area contributed by atoms with Crippen LogP contribution in [0.3, 0.4) is 0 Å². The van der Waals surface area contributed by atoms with Gasteiger partial charge in [0.2, 0.25) is 5.95 Å². The third kappa shape index (κ3) is 3.80. The summed E-state index contributed by atoms with van der Waals surface area (Å²) in [6, 6.07) is 59.0. The van der Waals surface area contributed by atoms with Crippen LogP contribution in [-0.2, 0) is 5.41 Å². The second-order valence-corrected chi connectivity index (χ2v) is 13.3. The molecule has 0 saturated carbocycles. The number of aromatic nitrogens is 4. The number of hydrogen-bond acceptors (Lipinski definition) is 5. The molecule has 0 atom stereocenters. The van der Waals surface area contributed by atoms with Gasteiger partial charge in [-0.05, 0) is 95.1 Å². The van der Waals surface area contributed by atoms with Crippen LogP contribution in [-0.4, -0.2) is 19.5 Å². The van der Waals surface area contributed by atoms with Crippen LogP contribution in [0.5, 0.6) is 0 Å². The van der Waals surface area contributed by atoms with Crippen molar-refractivity contribution in [1.29, 1.82) is 0 Å². The molecule has 9 aromatic rings. The molecule has 6 aromatic carbocycles. The molecule has 0 unspecified atom stereocenters. The first-order chi connectivity index (χ1) is 25.8. The summed E-state index contributed by atoms with van der Waals surface area (Å²) in [5.74, 6) is 0.623. The molecular formula is C46H30N6. The lowest BCUT2D eigenvalue weighted by Crippen LogP contribution is -2.41. The summed E-state index contributed by atoms with van der Waals surface area (Å²) in [7, 11) is 0. The molecule has 0 saturated heterocycles. The number of para-hydroxylation sites is 5. The van der Waals surface area contributed by atoms with Gasteiger partial charge in [0, 0.05) is 35.4 Å². The van der Waals surface area contributed by atoms with Crippen LogP contribution in [0.15, 0.2) is 182 Å². The van der Waals surface area contributed by atoms with Crippen LogP contribution >= 0.6 is 0 Å². The Kier molecular flexibility index (Phi) is 6.07. The number of pyridine rings is 1. The zero-order valence-electron chi connectivity index (χ0n) is 28.0. The molecule has 11 rings (SSSR count). The zero-order chi connectivity index (χ0) is 34.2. The van der Waals surface area contributed by atoms with E-state index in [1.54, 1.807) is 12.4 Å². The van der Waals surface area contributed by atoms with Gasteiger partial charge < -0.3 is 9.80 Å². The molecule has 0 amide bonds. The Bertz CT molecular complexity index is 2730. The van der Waals surface area contributed by atoms with Crippen LogP contribution in [0.1, 0.15) is 22.3 Å². The van der Waals surface area contributed by atoms with Crippen molar-refractivity contribution < 1.29 is 0 Å². The van der Waals surface area contributed by atoms with Crippen LogP contribution in [0.25, 0.3) is 27.9 Å². The quantitative estimate of drug-likeness (QED) is 0.188. The maximum Gasteiger partial charge on any atom is 0.234 e. The second kappa shape index (κ2) is 11.0. The van der Waals surface area contributed by atoms with E-state index < -0.39 is 5.41 Å². The van der Waals surface area contributed by atoms with Gasteiger partial charge in [0.15, 0.2) is 0 Å². The summed E-state index contributed by atoms with van der Waals surface area (Å²) in [5.41, 5.74) is 14.1. The van der Waals surface area contributed by atoms with Gasteiger partial charge in [0.25, 0.3) is 0 Å². The maximum absolute atomic E-state index is 4.88. The molecule has 52 heavy (non-hydrogen) atoms. The van der Waals surface area contributed by atoms with E-state index in [1.165, 1.54) is 33.6 Å². The SMILES string of the molecule is c1ccc(N2c3ccccc3C3(c4ccccc42)c2ccccc2N(c2ccc4c(c2)c2ncccc2n4-c2ncccn2)c2ccccc23)cc1. The molecular weight excluding hydrogens is 637 g/mol. The van der Waals surface area contributed by atoms with E-state index in [-0.39, 0.29) is 0 Å². The van der Waals surface area contributed by atoms with Gasteiger partial charge in [-0.25, -0.2) is 9.97 Å². The predicted octanol–water partition coefficient (Wildman–Crippen LogP) is 10.9. The van der Waals surface area contributed by atoms with Crippen LogP contribution in [0.4, 0.5) is 34.1 Å². The topological polar surface area (TPSA) is 50.1 Å². The summed E-state index contributed by atoms with van der Waals surface area (Å²) in [4.78, 5) is 19.0. The van der Waals surface area contributed by atoms with E-state index in [9.17, 15) is 0 Å². The molecule has 6 heteroatoms. The third-order valence-electron chi connectivity index (χ3n) is 10.7. The van der Waals surface area contributed by atoms with Crippen molar-refractivity contribution in [2.45, 2.75) is 5.41 Å². The first kappa shape index (κ1) is 28.8. The second-order valence-electron chi connectivity index (χ2n) is 13.3. The average Bonchev–Trinajstić information content (AvgIpc) is 3.55. The highest BCUT2D eigenvalue weighted by molar-refractivity contribution is 6.09. The molecule has 0 fully saturated rings. The van der Waals surface area contributed by atoms with Crippen LogP contribution < -0.4 is 9.80 Å². The molecule has 6 nitrogen and oxygen atoms in total. The van der Waals surface area contributed by atoms with E-state index in [0.717, 1.165) is 44.7 Å². The van der Waals surface area contributed by atoms with Crippen molar-refractivity contribution in [1.82, 2.24) is 19.5 Å². The number of rotatable bonds is 3. The van der Waals surface area contributed by atoms with Crippen LogP contribution in [0.2, 0.25) is 0 Å². The zero-order valence-corrected chi connectivity index (χ0v) is 28.0. The molecule has 0 radical (unpaired) electrons. The molecule has 0 aliphatic carbocycles. The minimum Gasteiger partial charge on any atom is -0.310 e. The number of hydrogen-bond donors (Lipinski definition) is 0. The van der Waals surface area contributed by atoms with Gasteiger partial charge in [0.1, 0.15) is 0 Å². The number of nitrogens with zero attached hydrogens (tertiary/aromatic N) is 6. The van der Waals surface area contributed by atoms with Gasteiger partial charge in [-0.1, -0.05) is 91.0 Å². The van der Waals surface area contributed by atoms with E-state index in [1.807, 2.05) is 18.3 Å². The van der Waals surface area contributed by atoms with E-state index >= 15 is 0 Å². The van der Waals surface area contributed by atoms with Gasteiger partial charge in [0.05, 0.1) is 44.7 Å². The molecule has 5 heterocycles. The summed E-state index contributed by atoms with van der Waals surface area (Å²) in [6.07, 6.45) is 5.42. The predicted molar refractivity (Wildman–Crippen MR) is 209 cm³/mol. The summed E-state index contributed by atoms with van der Waals surface area (Å²) >= 11 is 0.